The van der Waals surface area contributed by atoms with Crippen LogP contribution in [-0.4, -0.2) is 4.98 Å². The number of pyridine rings is 1. The Balaban J connectivity index is 2.01. The van der Waals surface area contributed by atoms with Crippen LogP contribution in [0, 0.1) is 0 Å². The lowest BCUT2D eigenvalue weighted by Crippen LogP contribution is -1.88. The highest BCUT2D eigenvalue weighted by Gasteiger charge is 2.17. The minimum absolute atomic E-state index is 0.824. The fourth-order valence-corrected chi connectivity index (χ4v) is 4.61. The molecule has 0 unspecified atom stereocenters. The van der Waals surface area contributed by atoms with Gasteiger partial charge in [0.05, 0.1) is 5.52 Å². The molecule has 0 N–H and O–H groups in total. The number of halogens is 2. The number of fused-ring (bicyclic) bond motifs is 5. The van der Waals surface area contributed by atoms with Crippen molar-refractivity contribution < 1.29 is 4.42 Å². The number of rotatable bonds is 1. The second-order valence-electron chi connectivity index (χ2n) is 5.94. The Bertz CT molecular complexity index is 1250. The number of para-hydroxylation sites is 2. The number of aromatic nitrogens is 1. The van der Waals surface area contributed by atoms with Crippen molar-refractivity contribution in [2.24, 2.45) is 0 Å². The summed E-state index contributed by atoms with van der Waals surface area (Å²) >= 11 is 7.14. The van der Waals surface area contributed by atoms with Crippen molar-refractivity contribution in [3.8, 4) is 11.3 Å². The maximum absolute atomic E-state index is 6.23. The van der Waals surface area contributed by atoms with Gasteiger partial charge in [0.25, 0.3) is 0 Å². The summed E-state index contributed by atoms with van der Waals surface area (Å²) in [5.74, 6) is 0. The predicted octanol–water partition coefficient (Wildman–Crippen LogP) is 7.33. The van der Waals surface area contributed by atoms with Crippen molar-refractivity contribution in [3.05, 3.63) is 75.7 Å². The summed E-state index contributed by atoms with van der Waals surface area (Å²) in [4.78, 5) is 4.92. The van der Waals surface area contributed by atoms with Crippen LogP contribution in [0.5, 0.6) is 0 Å². The number of hydrogen-bond donors (Lipinski definition) is 0. The molecule has 120 valence electrons. The zero-order chi connectivity index (χ0) is 17.0. The molecule has 2 heterocycles. The molecule has 5 rings (SSSR count). The van der Waals surface area contributed by atoms with Gasteiger partial charge in [0.15, 0.2) is 5.58 Å². The van der Waals surface area contributed by atoms with Crippen molar-refractivity contribution >= 4 is 64.7 Å². The largest absolute Gasteiger partial charge is 0.454 e. The van der Waals surface area contributed by atoms with Crippen LogP contribution in [-0.2, 0) is 0 Å². The van der Waals surface area contributed by atoms with E-state index in [1.54, 1.807) is 0 Å². The second kappa shape index (κ2) is 5.68. The Hall–Kier alpha value is -2.17. The van der Waals surface area contributed by atoms with Gasteiger partial charge in [0, 0.05) is 30.7 Å². The summed E-state index contributed by atoms with van der Waals surface area (Å²) in [7, 11) is 0. The van der Waals surface area contributed by atoms with E-state index in [9.17, 15) is 0 Å². The van der Waals surface area contributed by atoms with Crippen LogP contribution in [0.15, 0.2) is 80.1 Å². The quantitative estimate of drug-likeness (QED) is 0.266. The van der Waals surface area contributed by atoms with Crippen molar-refractivity contribution in [2.75, 3.05) is 0 Å². The van der Waals surface area contributed by atoms with Crippen molar-refractivity contribution in [1.82, 2.24) is 4.98 Å². The lowest BCUT2D eigenvalue weighted by atomic mass is 10.0. The summed E-state index contributed by atoms with van der Waals surface area (Å²) < 4.78 is 8.23. The van der Waals surface area contributed by atoms with E-state index in [-0.39, 0.29) is 0 Å². The zero-order valence-corrected chi connectivity index (χ0v) is 16.1. The van der Waals surface area contributed by atoms with Crippen LogP contribution in [0.4, 0.5) is 0 Å². The molecule has 2 aromatic heterocycles. The number of benzene rings is 3. The second-order valence-corrected chi connectivity index (χ2v) is 7.77. The van der Waals surface area contributed by atoms with Gasteiger partial charge in [-0.25, -0.2) is 4.98 Å². The minimum Gasteiger partial charge on any atom is -0.454 e. The third-order valence-corrected chi connectivity index (χ3v) is 5.27. The molecule has 25 heavy (non-hydrogen) atoms. The average Bonchev–Trinajstić information content (AvgIpc) is 3.00. The van der Waals surface area contributed by atoms with Crippen LogP contribution in [0.2, 0.25) is 0 Å². The van der Waals surface area contributed by atoms with Crippen LogP contribution >= 0.6 is 31.9 Å². The lowest BCUT2D eigenvalue weighted by Gasteiger charge is -2.07. The van der Waals surface area contributed by atoms with Gasteiger partial charge < -0.3 is 4.42 Å². The highest BCUT2D eigenvalue weighted by molar-refractivity contribution is 9.11. The highest BCUT2D eigenvalue weighted by atomic mass is 79.9. The van der Waals surface area contributed by atoms with E-state index >= 15 is 0 Å². The van der Waals surface area contributed by atoms with E-state index in [1.807, 2.05) is 42.5 Å². The van der Waals surface area contributed by atoms with Gasteiger partial charge in [-0.3, -0.25) is 0 Å². The molecule has 0 saturated heterocycles. The van der Waals surface area contributed by atoms with Crippen LogP contribution in [0.3, 0.4) is 0 Å². The van der Waals surface area contributed by atoms with Crippen LogP contribution in [0.1, 0.15) is 0 Å². The highest BCUT2D eigenvalue weighted by Crippen LogP contribution is 2.40. The molecule has 0 atom stereocenters. The fourth-order valence-electron chi connectivity index (χ4n) is 3.32. The molecular formula is C21H11Br2NO. The molecule has 0 radical (unpaired) electrons. The lowest BCUT2D eigenvalue weighted by molar-refractivity contribution is 0.669. The van der Waals surface area contributed by atoms with Gasteiger partial charge in [-0.15, -0.1) is 0 Å². The summed E-state index contributed by atoms with van der Waals surface area (Å²) in [6.07, 6.45) is 0. The Morgan fingerprint density at radius 1 is 0.760 bits per heavy atom. The molecule has 0 spiro atoms. The molecule has 0 bridgehead atoms. The zero-order valence-electron chi connectivity index (χ0n) is 13.0. The maximum atomic E-state index is 6.23. The van der Waals surface area contributed by atoms with E-state index in [4.69, 9.17) is 9.40 Å². The predicted molar refractivity (Wildman–Crippen MR) is 110 cm³/mol. The van der Waals surface area contributed by atoms with Gasteiger partial charge in [0.1, 0.15) is 11.3 Å². The first-order valence-electron chi connectivity index (χ1n) is 7.87. The first-order chi connectivity index (χ1) is 12.2. The topological polar surface area (TPSA) is 26.0 Å². The standard InChI is InChI=1S/C21H11Br2NO/c22-13-9-12(10-14(23)11-13)20-21-19(15-5-1-3-7-17(15)24-20)16-6-2-4-8-18(16)25-21/h1-11H. The number of furan rings is 1. The number of hydrogen-bond acceptors (Lipinski definition) is 2. The van der Waals surface area contributed by atoms with Crippen molar-refractivity contribution in [3.63, 3.8) is 0 Å². The SMILES string of the molecule is Brc1cc(Br)cc(-c2nc3ccccc3c3c2oc2ccccc23)c1. The van der Waals surface area contributed by atoms with Crippen molar-refractivity contribution in [1.29, 1.82) is 0 Å². The van der Waals surface area contributed by atoms with E-state index in [0.717, 1.165) is 53.0 Å². The molecule has 0 aliphatic carbocycles. The van der Waals surface area contributed by atoms with Crippen molar-refractivity contribution in [2.45, 2.75) is 0 Å². The van der Waals surface area contributed by atoms with Gasteiger partial charge in [-0.1, -0.05) is 68.3 Å². The first-order valence-corrected chi connectivity index (χ1v) is 9.46. The van der Waals surface area contributed by atoms with Crippen LogP contribution < -0.4 is 0 Å². The molecular weight excluding hydrogens is 442 g/mol. The van der Waals surface area contributed by atoms with E-state index < -0.39 is 0 Å². The third kappa shape index (κ3) is 2.40. The Labute approximate surface area is 160 Å². The molecule has 0 aliphatic heterocycles. The summed E-state index contributed by atoms with van der Waals surface area (Å²) in [6.45, 7) is 0. The first kappa shape index (κ1) is 15.1. The van der Waals surface area contributed by atoms with E-state index in [0.29, 0.717) is 0 Å². The molecule has 0 amide bonds. The van der Waals surface area contributed by atoms with Gasteiger partial charge >= 0.3 is 0 Å². The maximum Gasteiger partial charge on any atom is 0.162 e. The van der Waals surface area contributed by atoms with E-state index in [2.05, 4.69) is 56.1 Å². The third-order valence-electron chi connectivity index (χ3n) is 4.35. The van der Waals surface area contributed by atoms with E-state index in [1.165, 1.54) is 0 Å². The average molecular weight is 453 g/mol. The monoisotopic (exact) mass is 451 g/mol. The molecule has 5 aromatic rings. The minimum atomic E-state index is 0.824. The van der Waals surface area contributed by atoms with Crippen LogP contribution in [0.25, 0.3) is 44.1 Å². The smallest absolute Gasteiger partial charge is 0.162 e. The summed E-state index contributed by atoms with van der Waals surface area (Å²) in [5, 5.41) is 3.35. The molecule has 0 fully saturated rings. The van der Waals surface area contributed by atoms with Gasteiger partial charge in [-0.05, 0) is 30.3 Å². The van der Waals surface area contributed by atoms with Gasteiger partial charge in [0.2, 0.25) is 0 Å². The molecule has 0 saturated carbocycles. The Kier molecular flexibility index (Phi) is 3.43. The molecule has 2 nitrogen and oxygen atoms in total. The molecule has 3 aromatic carbocycles. The van der Waals surface area contributed by atoms with Gasteiger partial charge in [-0.2, -0.15) is 0 Å². The normalized spacial score (nSPS) is 11.6. The number of nitrogens with zero attached hydrogens (tertiary/aromatic N) is 1. The molecule has 0 aliphatic rings. The fraction of sp³-hybridized carbons (Fsp3) is 0. The summed E-state index contributed by atoms with van der Waals surface area (Å²) in [5.41, 5.74) is 4.53. The summed E-state index contributed by atoms with van der Waals surface area (Å²) in [6, 6.07) is 22.5. The Morgan fingerprint density at radius 3 is 2.24 bits per heavy atom. The molecule has 4 heteroatoms. The Morgan fingerprint density at radius 2 is 1.44 bits per heavy atom.